The van der Waals surface area contributed by atoms with Crippen LogP contribution in [-0.4, -0.2) is 26.6 Å². The monoisotopic (exact) mass is 97.1 g/mol. The summed E-state index contributed by atoms with van der Waals surface area (Å²) >= 11 is 0. The summed E-state index contributed by atoms with van der Waals surface area (Å²) in [5.41, 5.74) is 0. The molecule has 1 N–H and O–H groups in total. The maximum absolute atomic E-state index is 10.1. The van der Waals surface area contributed by atoms with Gasteiger partial charge in [-0.25, -0.2) is 0 Å². The second-order valence-corrected chi connectivity index (χ2v) is 1.33. The summed E-state index contributed by atoms with van der Waals surface area (Å²) in [7, 11) is 5.01. The second-order valence-electron chi connectivity index (χ2n) is 1.33. The largest absolute Gasteiger partial charge is 0.319 e. The molecule has 38 valence electrons. The van der Waals surface area contributed by atoms with Crippen molar-refractivity contribution in [3.8, 4) is 0 Å². The van der Waals surface area contributed by atoms with Gasteiger partial charge < -0.3 is 5.32 Å². The minimum atomic E-state index is 0.116. The Labute approximate surface area is 44.7 Å². The van der Waals surface area contributed by atoms with Crippen LogP contribution in [0.1, 0.15) is 6.92 Å². The van der Waals surface area contributed by atoms with Gasteiger partial charge in [0.05, 0.1) is 14.4 Å². The van der Waals surface area contributed by atoms with Crippen molar-refractivity contribution in [2.24, 2.45) is 0 Å². The molecular formula is C4H8BNO. The molecule has 0 aromatic carbocycles. The fourth-order valence-electron chi connectivity index (χ4n) is 0.248. The first kappa shape index (κ1) is 6.69. The van der Waals surface area contributed by atoms with E-state index < -0.39 is 0 Å². The minimum absolute atomic E-state index is 0.116. The van der Waals surface area contributed by atoms with E-state index in [-0.39, 0.29) is 5.78 Å². The number of carbonyl (C=O) groups is 1. The summed E-state index contributed by atoms with van der Waals surface area (Å²) in [6.45, 7) is 1.90. The molecule has 0 saturated carbocycles. The Morgan fingerprint density at radius 3 is 2.57 bits per heavy atom. The third-order valence-corrected chi connectivity index (χ3v) is 0.518. The van der Waals surface area contributed by atoms with Crippen LogP contribution < -0.4 is 5.32 Å². The molecule has 0 aliphatic carbocycles. The van der Waals surface area contributed by atoms with Gasteiger partial charge in [-0.05, 0) is 13.4 Å². The molecule has 0 saturated heterocycles. The van der Waals surface area contributed by atoms with Crippen LogP contribution in [0.4, 0.5) is 0 Å². The Morgan fingerprint density at radius 2 is 2.43 bits per heavy atom. The maximum atomic E-state index is 10.1. The lowest BCUT2D eigenvalue weighted by molar-refractivity contribution is -0.116. The van der Waals surface area contributed by atoms with Crippen LogP contribution in [0.3, 0.4) is 0 Å². The Hall–Kier alpha value is -0.305. The highest BCUT2D eigenvalue weighted by molar-refractivity contribution is 6.08. The highest BCUT2D eigenvalue weighted by Crippen LogP contribution is 1.59. The van der Waals surface area contributed by atoms with Gasteiger partial charge in [0, 0.05) is 0 Å². The van der Waals surface area contributed by atoms with Crippen molar-refractivity contribution in [2.45, 2.75) is 6.92 Å². The van der Waals surface area contributed by atoms with E-state index in [4.69, 9.17) is 7.85 Å². The van der Waals surface area contributed by atoms with Gasteiger partial charge in [-0.1, -0.05) is 0 Å². The second kappa shape index (κ2) is 3.87. The molecule has 0 aromatic rings. The summed E-state index contributed by atoms with van der Waals surface area (Å²) in [5, 5.41) is 2.68. The summed E-state index contributed by atoms with van der Waals surface area (Å²) in [6.07, 6.45) is 0.375. The summed E-state index contributed by atoms with van der Waals surface area (Å²) < 4.78 is 0. The van der Waals surface area contributed by atoms with Gasteiger partial charge in [0.25, 0.3) is 0 Å². The van der Waals surface area contributed by atoms with Gasteiger partial charge in [-0.15, -0.1) is 0 Å². The lowest BCUT2D eigenvalue weighted by Crippen LogP contribution is -2.21. The molecule has 0 amide bonds. The molecule has 7 heavy (non-hydrogen) atoms. The first-order valence-electron chi connectivity index (χ1n) is 2.17. The number of hydrogen-bond acceptors (Lipinski definition) is 2. The van der Waals surface area contributed by atoms with Crippen molar-refractivity contribution in [1.29, 1.82) is 0 Å². The molecule has 0 fully saturated rings. The van der Waals surface area contributed by atoms with Crippen molar-refractivity contribution >= 4 is 13.6 Å². The van der Waals surface area contributed by atoms with Crippen LogP contribution in [0, 0.1) is 0 Å². The van der Waals surface area contributed by atoms with Crippen LogP contribution in [0.5, 0.6) is 0 Å². The number of Topliss-reactive ketones (excluding diaryl/α,β-unsaturated/α-hetero) is 1. The van der Waals surface area contributed by atoms with Crippen LogP contribution >= 0.6 is 0 Å². The highest BCUT2D eigenvalue weighted by atomic mass is 16.1. The van der Waals surface area contributed by atoms with E-state index in [2.05, 4.69) is 5.32 Å². The van der Waals surface area contributed by atoms with Crippen molar-refractivity contribution in [3.05, 3.63) is 0 Å². The van der Waals surface area contributed by atoms with E-state index in [1.54, 1.807) is 0 Å². The van der Waals surface area contributed by atoms with Crippen molar-refractivity contribution < 1.29 is 4.79 Å². The third kappa shape index (κ3) is 5.69. The lowest BCUT2D eigenvalue weighted by atomic mass is 10.2. The molecule has 0 bridgehead atoms. The molecule has 3 heteroatoms. The minimum Gasteiger partial charge on any atom is -0.319 e. The molecule has 0 aliphatic rings. The standard InChI is InChI=1S/C4H8BNO/c1-4(7)2-6-3-5/h6H,2-3H2,1H3. The van der Waals surface area contributed by atoms with Crippen molar-refractivity contribution in [2.75, 3.05) is 13.0 Å². The third-order valence-electron chi connectivity index (χ3n) is 0.518. The van der Waals surface area contributed by atoms with Crippen LogP contribution in [0.2, 0.25) is 0 Å². The molecule has 0 spiro atoms. The normalized spacial score (nSPS) is 8.71. The van der Waals surface area contributed by atoms with E-state index in [0.717, 1.165) is 0 Å². The van der Waals surface area contributed by atoms with Gasteiger partial charge in [-0.2, -0.15) is 0 Å². The van der Waals surface area contributed by atoms with Crippen LogP contribution in [0.15, 0.2) is 0 Å². The van der Waals surface area contributed by atoms with Gasteiger partial charge in [-0.3, -0.25) is 4.79 Å². The number of carbonyl (C=O) groups excluding carboxylic acids is 1. The Kier molecular flexibility index (Phi) is 3.70. The molecule has 2 radical (unpaired) electrons. The predicted octanol–water partition coefficient (Wildman–Crippen LogP) is -0.709. The molecular weight excluding hydrogens is 88.9 g/mol. The smallest absolute Gasteiger partial charge is 0.143 e. The van der Waals surface area contributed by atoms with E-state index in [1.807, 2.05) is 0 Å². The molecule has 0 rings (SSSR count). The van der Waals surface area contributed by atoms with Gasteiger partial charge >= 0.3 is 0 Å². The first-order valence-corrected chi connectivity index (χ1v) is 2.17. The quantitative estimate of drug-likeness (QED) is 0.471. The molecule has 0 unspecified atom stereocenters. The SMILES string of the molecule is [B]CNCC(C)=O. The number of rotatable bonds is 3. The lowest BCUT2D eigenvalue weighted by Gasteiger charge is -1.91. The van der Waals surface area contributed by atoms with Gasteiger partial charge in [0.1, 0.15) is 5.78 Å². The van der Waals surface area contributed by atoms with Crippen LogP contribution in [0.25, 0.3) is 0 Å². The number of ketones is 1. The van der Waals surface area contributed by atoms with Crippen molar-refractivity contribution in [3.63, 3.8) is 0 Å². The predicted molar refractivity (Wildman–Crippen MR) is 29.3 cm³/mol. The fraction of sp³-hybridized carbons (Fsp3) is 0.750. The summed E-state index contributed by atoms with van der Waals surface area (Å²) in [6, 6.07) is 0. The molecule has 0 heterocycles. The van der Waals surface area contributed by atoms with E-state index in [0.29, 0.717) is 13.0 Å². The fourth-order valence-corrected chi connectivity index (χ4v) is 0.248. The number of hydrogen-bond donors (Lipinski definition) is 1. The average molecular weight is 96.9 g/mol. The zero-order valence-electron chi connectivity index (χ0n) is 4.40. The topological polar surface area (TPSA) is 29.1 Å². The maximum Gasteiger partial charge on any atom is 0.143 e. The van der Waals surface area contributed by atoms with E-state index >= 15 is 0 Å². The number of nitrogens with one attached hydrogen (secondary N) is 1. The summed E-state index contributed by atoms with van der Waals surface area (Å²) in [5.74, 6) is 0.116. The Morgan fingerprint density at radius 1 is 1.86 bits per heavy atom. The Bertz CT molecular complexity index is 64.7. The molecule has 0 aliphatic heterocycles. The first-order chi connectivity index (χ1) is 3.27. The van der Waals surface area contributed by atoms with E-state index in [1.165, 1.54) is 6.92 Å². The van der Waals surface area contributed by atoms with Crippen molar-refractivity contribution in [1.82, 2.24) is 5.32 Å². The van der Waals surface area contributed by atoms with Gasteiger partial charge in [0.15, 0.2) is 0 Å². The van der Waals surface area contributed by atoms with E-state index in [9.17, 15) is 4.79 Å². The molecule has 0 atom stereocenters. The molecule has 0 aromatic heterocycles. The zero-order chi connectivity index (χ0) is 5.70. The highest BCUT2D eigenvalue weighted by Gasteiger charge is 1.85. The average Bonchev–Trinajstić information content (AvgIpc) is 1.61. The summed E-state index contributed by atoms with van der Waals surface area (Å²) in [4.78, 5) is 10.1. The zero-order valence-corrected chi connectivity index (χ0v) is 4.40. The van der Waals surface area contributed by atoms with Gasteiger partial charge in [0.2, 0.25) is 0 Å². The Balaban J connectivity index is 2.82. The van der Waals surface area contributed by atoms with Crippen LogP contribution in [-0.2, 0) is 4.79 Å². The molecule has 2 nitrogen and oxygen atoms in total.